The van der Waals surface area contributed by atoms with Gasteiger partial charge < -0.3 is 34.6 Å². The minimum atomic E-state index is -0.655. The molecular formula is C37H47N5O6. The summed E-state index contributed by atoms with van der Waals surface area (Å²) in [5.74, 6) is 1.72. The first kappa shape index (κ1) is 34.6. The van der Waals surface area contributed by atoms with E-state index < -0.39 is 11.7 Å². The summed E-state index contributed by atoms with van der Waals surface area (Å²) in [7, 11) is 0. The maximum Gasteiger partial charge on any atom is 0.412 e. The van der Waals surface area contributed by atoms with Gasteiger partial charge >= 0.3 is 12.1 Å². The minimum Gasteiger partial charge on any atom is -0.486 e. The molecule has 256 valence electrons. The molecule has 0 saturated carbocycles. The second-order valence-electron chi connectivity index (χ2n) is 13.4. The molecule has 5 rings (SSSR count). The number of carbonyl (C=O) groups excluding carboxylic acids is 3. The van der Waals surface area contributed by atoms with Crippen LogP contribution in [0.5, 0.6) is 11.5 Å². The Kier molecular flexibility index (Phi) is 11.4. The van der Waals surface area contributed by atoms with Gasteiger partial charge in [0.1, 0.15) is 18.8 Å². The smallest absolute Gasteiger partial charge is 0.412 e. The summed E-state index contributed by atoms with van der Waals surface area (Å²) in [6.07, 6.45) is 2.65. The first-order valence-electron chi connectivity index (χ1n) is 16.7. The molecule has 0 aromatic heterocycles. The van der Waals surface area contributed by atoms with Gasteiger partial charge in [0, 0.05) is 30.4 Å². The number of likely N-dealkylation sites (tertiary alicyclic amines) is 1. The first-order chi connectivity index (χ1) is 23.0. The molecule has 4 amide bonds. The molecular weight excluding hydrogens is 610 g/mol. The monoisotopic (exact) mass is 657 g/mol. The van der Waals surface area contributed by atoms with E-state index in [1.165, 1.54) is 12.8 Å². The fourth-order valence-electron chi connectivity index (χ4n) is 5.64. The van der Waals surface area contributed by atoms with Crippen LogP contribution in [0.25, 0.3) is 0 Å². The fourth-order valence-corrected chi connectivity index (χ4v) is 5.64. The van der Waals surface area contributed by atoms with Crippen molar-refractivity contribution in [3.63, 3.8) is 0 Å². The lowest BCUT2D eigenvalue weighted by Gasteiger charge is -2.31. The SMILES string of the molecule is CC1CCN(CCCN(Cc2ccc(C(=O)Nc3ccccc3NC(=O)OC(C)(C)C)cc2)C(=O)Nc2ccc3c(c2)OCCO3)CC1. The Morgan fingerprint density at radius 1 is 0.875 bits per heavy atom. The zero-order valence-electron chi connectivity index (χ0n) is 28.3. The lowest BCUT2D eigenvalue weighted by atomic mass is 9.99. The van der Waals surface area contributed by atoms with Crippen LogP contribution in [0.1, 0.15) is 62.9 Å². The van der Waals surface area contributed by atoms with E-state index >= 15 is 0 Å². The number of piperidine rings is 1. The predicted molar refractivity (Wildman–Crippen MR) is 187 cm³/mol. The molecule has 2 heterocycles. The molecule has 11 nitrogen and oxygen atoms in total. The Morgan fingerprint density at radius 3 is 2.23 bits per heavy atom. The third-order valence-electron chi connectivity index (χ3n) is 8.26. The molecule has 2 aliphatic heterocycles. The van der Waals surface area contributed by atoms with Crippen molar-refractivity contribution in [2.45, 2.75) is 59.1 Å². The summed E-state index contributed by atoms with van der Waals surface area (Å²) in [6.45, 7) is 12.7. The number of fused-ring (bicyclic) bond motifs is 1. The number of amides is 4. The maximum atomic E-state index is 13.6. The number of hydrogen-bond donors (Lipinski definition) is 3. The largest absolute Gasteiger partial charge is 0.486 e. The summed E-state index contributed by atoms with van der Waals surface area (Å²) in [5.41, 5.74) is 2.18. The Labute approximate surface area is 282 Å². The molecule has 2 aliphatic rings. The molecule has 0 spiro atoms. The van der Waals surface area contributed by atoms with E-state index in [0.29, 0.717) is 60.4 Å². The number of hydrogen-bond acceptors (Lipinski definition) is 7. The first-order valence-corrected chi connectivity index (χ1v) is 16.7. The highest BCUT2D eigenvalue weighted by molar-refractivity contribution is 6.06. The Balaban J connectivity index is 1.23. The molecule has 0 aliphatic carbocycles. The number of urea groups is 1. The third-order valence-corrected chi connectivity index (χ3v) is 8.26. The second kappa shape index (κ2) is 15.9. The number of anilines is 3. The number of nitrogens with one attached hydrogen (secondary N) is 3. The minimum absolute atomic E-state index is 0.213. The van der Waals surface area contributed by atoms with Gasteiger partial charge in [0.05, 0.1) is 11.4 Å². The van der Waals surface area contributed by atoms with Crippen molar-refractivity contribution in [1.82, 2.24) is 9.80 Å². The Bertz CT molecular complexity index is 1560. The Hall–Kier alpha value is -4.77. The van der Waals surface area contributed by atoms with Crippen LogP contribution >= 0.6 is 0 Å². The summed E-state index contributed by atoms with van der Waals surface area (Å²) >= 11 is 0. The van der Waals surface area contributed by atoms with Gasteiger partial charge in [-0.25, -0.2) is 9.59 Å². The summed E-state index contributed by atoms with van der Waals surface area (Å²) in [6, 6.07) is 19.3. The van der Waals surface area contributed by atoms with Crippen LogP contribution in [0.3, 0.4) is 0 Å². The van der Waals surface area contributed by atoms with Crippen molar-refractivity contribution in [2.24, 2.45) is 5.92 Å². The van der Waals surface area contributed by atoms with Crippen molar-refractivity contribution in [3.05, 3.63) is 77.9 Å². The molecule has 0 radical (unpaired) electrons. The van der Waals surface area contributed by atoms with Gasteiger partial charge in [0.2, 0.25) is 0 Å². The summed E-state index contributed by atoms with van der Waals surface area (Å²) < 4.78 is 16.7. The van der Waals surface area contributed by atoms with Gasteiger partial charge in [-0.3, -0.25) is 10.1 Å². The molecule has 3 N–H and O–H groups in total. The summed E-state index contributed by atoms with van der Waals surface area (Å²) in [4.78, 5) is 43.4. The average molecular weight is 658 g/mol. The van der Waals surface area contributed by atoms with Crippen molar-refractivity contribution < 1.29 is 28.6 Å². The van der Waals surface area contributed by atoms with Crippen LogP contribution in [0.15, 0.2) is 66.7 Å². The average Bonchev–Trinajstić information content (AvgIpc) is 3.05. The second-order valence-corrected chi connectivity index (χ2v) is 13.4. The van der Waals surface area contributed by atoms with Gasteiger partial charge in [-0.05, 0) is 108 Å². The van der Waals surface area contributed by atoms with E-state index in [9.17, 15) is 14.4 Å². The number of para-hydroxylation sites is 2. The number of carbonyl (C=O) groups is 3. The molecule has 11 heteroatoms. The van der Waals surface area contributed by atoms with Crippen LogP contribution in [0.4, 0.5) is 26.7 Å². The van der Waals surface area contributed by atoms with Crippen molar-refractivity contribution in [1.29, 1.82) is 0 Å². The molecule has 3 aromatic carbocycles. The van der Waals surface area contributed by atoms with Gasteiger partial charge in [0.25, 0.3) is 5.91 Å². The normalized spacial score (nSPS) is 14.9. The summed E-state index contributed by atoms with van der Waals surface area (Å²) in [5, 5.41) is 8.61. The molecule has 0 bridgehead atoms. The molecule has 3 aromatic rings. The number of benzene rings is 3. The van der Waals surface area contributed by atoms with Gasteiger partial charge in [-0.1, -0.05) is 31.2 Å². The zero-order chi connectivity index (χ0) is 34.1. The zero-order valence-corrected chi connectivity index (χ0v) is 28.3. The van der Waals surface area contributed by atoms with Crippen LogP contribution < -0.4 is 25.4 Å². The number of ether oxygens (including phenoxy) is 3. The van der Waals surface area contributed by atoms with E-state index in [1.807, 2.05) is 24.3 Å². The molecule has 0 atom stereocenters. The quantitative estimate of drug-likeness (QED) is 0.211. The van der Waals surface area contributed by atoms with Crippen LogP contribution in [-0.4, -0.2) is 72.8 Å². The van der Waals surface area contributed by atoms with Crippen molar-refractivity contribution in [2.75, 3.05) is 55.3 Å². The fraction of sp³-hybridized carbons (Fsp3) is 0.432. The third kappa shape index (κ3) is 10.1. The highest BCUT2D eigenvalue weighted by Gasteiger charge is 2.21. The molecule has 1 fully saturated rings. The maximum absolute atomic E-state index is 13.6. The van der Waals surface area contributed by atoms with E-state index in [0.717, 1.165) is 37.5 Å². The molecule has 1 saturated heterocycles. The van der Waals surface area contributed by atoms with E-state index in [4.69, 9.17) is 14.2 Å². The standard InChI is InChI=1S/C37H47N5O6/c1-26-16-20-41(21-17-26)18-7-19-42(35(44)38-29-14-15-32-33(24-29)47-23-22-46-32)25-27-10-12-28(13-11-27)34(43)39-30-8-5-6-9-31(30)40-36(45)48-37(2,3)4/h5-6,8-15,24,26H,7,16-23,25H2,1-4H3,(H,38,44)(H,39,43)(H,40,45). The topological polar surface area (TPSA) is 121 Å². The highest BCUT2D eigenvalue weighted by atomic mass is 16.6. The van der Waals surface area contributed by atoms with Gasteiger partial charge in [-0.15, -0.1) is 0 Å². The van der Waals surface area contributed by atoms with Gasteiger partial charge in [0.15, 0.2) is 11.5 Å². The van der Waals surface area contributed by atoms with Crippen molar-refractivity contribution >= 4 is 35.1 Å². The Morgan fingerprint density at radius 2 is 1.54 bits per heavy atom. The predicted octanol–water partition coefficient (Wildman–Crippen LogP) is 7.21. The van der Waals surface area contributed by atoms with Gasteiger partial charge in [-0.2, -0.15) is 0 Å². The van der Waals surface area contributed by atoms with Crippen LogP contribution in [0.2, 0.25) is 0 Å². The highest BCUT2D eigenvalue weighted by Crippen LogP contribution is 2.33. The molecule has 48 heavy (non-hydrogen) atoms. The lowest BCUT2D eigenvalue weighted by Crippen LogP contribution is -2.38. The number of rotatable bonds is 10. The van der Waals surface area contributed by atoms with Crippen molar-refractivity contribution in [3.8, 4) is 11.5 Å². The number of nitrogens with zero attached hydrogens (tertiary/aromatic N) is 2. The van der Waals surface area contributed by atoms with Crippen LogP contribution in [-0.2, 0) is 11.3 Å². The van der Waals surface area contributed by atoms with Crippen LogP contribution in [0, 0.1) is 5.92 Å². The lowest BCUT2D eigenvalue weighted by molar-refractivity contribution is 0.0635. The van der Waals surface area contributed by atoms with E-state index in [-0.39, 0.29) is 11.9 Å². The van der Waals surface area contributed by atoms with E-state index in [1.54, 1.807) is 68.1 Å². The van der Waals surface area contributed by atoms with E-state index in [2.05, 4.69) is 27.8 Å². The molecule has 0 unspecified atom stereocenters.